The highest BCUT2D eigenvalue weighted by atomic mass is 16.5. The number of esters is 1. The smallest absolute Gasteiger partial charge is 0.338 e. The second kappa shape index (κ2) is 8.61. The molecule has 146 valence electrons. The lowest BCUT2D eigenvalue weighted by molar-refractivity contribution is -0.139. The first-order valence-electron chi connectivity index (χ1n) is 9.11. The van der Waals surface area contributed by atoms with Gasteiger partial charge in [-0.3, -0.25) is 0 Å². The van der Waals surface area contributed by atoms with E-state index in [9.17, 15) is 9.59 Å². The number of methoxy groups -OCH3 is 1. The number of urea groups is 1. The summed E-state index contributed by atoms with van der Waals surface area (Å²) in [6, 6.07) is 16.3. The molecule has 6 heteroatoms. The van der Waals surface area contributed by atoms with Gasteiger partial charge in [0.15, 0.2) is 0 Å². The summed E-state index contributed by atoms with van der Waals surface area (Å²) in [6.45, 7) is 2.02. The Morgan fingerprint density at radius 3 is 2.43 bits per heavy atom. The number of benzene rings is 2. The minimum atomic E-state index is -0.571. The Labute approximate surface area is 164 Å². The monoisotopic (exact) mass is 380 g/mol. The Balaban J connectivity index is 1.80. The lowest BCUT2D eigenvalue weighted by Crippen LogP contribution is -2.46. The van der Waals surface area contributed by atoms with Gasteiger partial charge >= 0.3 is 12.0 Å². The molecule has 3 rings (SSSR count). The second-order valence-electron chi connectivity index (χ2n) is 6.59. The molecule has 0 unspecified atom stereocenters. The summed E-state index contributed by atoms with van der Waals surface area (Å²) in [5.41, 5.74) is 2.90. The van der Waals surface area contributed by atoms with E-state index in [1.165, 1.54) is 4.90 Å². The Bertz CT molecular complexity index is 875. The highest BCUT2D eigenvalue weighted by Crippen LogP contribution is 2.31. The maximum Gasteiger partial charge on any atom is 0.338 e. The lowest BCUT2D eigenvalue weighted by Gasteiger charge is -2.33. The molecule has 28 heavy (non-hydrogen) atoms. The van der Waals surface area contributed by atoms with Gasteiger partial charge in [0.25, 0.3) is 0 Å². The maximum absolute atomic E-state index is 12.9. The molecule has 0 bridgehead atoms. The predicted octanol–water partition coefficient (Wildman–Crippen LogP) is 3.45. The predicted molar refractivity (Wildman–Crippen MR) is 106 cm³/mol. The van der Waals surface area contributed by atoms with Gasteiger partial charge < -0.3 is 19.7 Å². The molecule has 0 saturated heterocycles. The third-order valence-electron chi connectivity index (χ3n) is 4.89. The normalized spacial score (nSPS) is 16.6. The third kappa shape index (κ3) is 4.17. The van der Waals surface area contributed by atoms with Crippen LogP contribution in [0, 0.1) is 0 Å². The fourth-order valence-corrected chi connectivity index (χ4v) is 3.13. The average Bonchev–Trinajstić information content (AvgIpc) is 2.72. The minimum absolute atomic E-state index is 0.265. The molecule has 2 aromatic carbocycles. The molecule has 0 aromatic heterocycles. The van der Waals surface area contributed by atoms with Crippen LogP contribution in [0.15, 0.2) is 65.9 Å². The Morgan fingerprint density at radius 2 is 1.79 bits per heavy atom. The fraction of sp³-hybridized carbons (Fsp3) is 0.273. The number of rotatable bonds is 6. The fourth-order valence-electron chi connectivity index (χ4n) is 3.13. The maximum atomic E-state index is 12.9. The van der Waals surface area contributed by atoms with Gasteiger partial charge in [0.05, 0.1) is 25.3 Å². The van der Waals surface area contributed by atoms with E-state index >= 15 is 0 Å². The van der Waals surface area contributed by atoms with Gasteiger partial charge in [-0.25, -0.2) is 9.59 Å². The zero-order valence-corrected chi connectivity index (χ0v) is 16.3. The van der Waals surface area contributed by atoms with Crippen molar-refractivity contribution in [3.05, 3.63) is 77.0 Å². The zero-order chi connectivity index (χ0) is 20.1. The molecule has 1 aliphatic rings. The van der Waals surface area contributed by atoms with Gasteiger partial charge in [0.1, 0.15) is 5.75 Å². The number of allylic oxidation sites excluding steroid dienone is 1. The first kappa shape index (κ1) is 19.5. The van der Waals surface area contributed by atoms with E-state index in [4.69, 9.17) is 9.47 Å². The average molecular weight is 380 g/mol. The molecule has 0 saturated carbocycles. The van der Waals surface area contributed by atoms with Crippen molar-refractivity contribution >= 4 is 12.0 Å². The summed E-state index contributed by atoms with van der Waals surface area (Å²) >= 11 is 0. The van der Waals surface area contributed by atoms with Gasteiger partial charge in [-0.2, -0.15) is 0 Å². The number of amides is 2. The molecule has 6 nitrogen and oxygen atoms in total. The van der Waals surface area contributed by atoms with Crippen LogP contribution in [0.2, 0.25) is 0 Å². The SMILES string of the molecule is COc1ccc([C@H]2NC(=O)N(C)C(C)=C2C(=O)OCCc2ccccc2)cc1. The van der Waals surface area contributed by atoms with Gasteiger partial charge in [0.2, 0.25) is 0 Å². The molecule has 0 spiro atoms. The number of carbonyl (C=O) groups excluding carboxylic acids is 2. The number of ether oxygens (including phenoxy) is 2. The van der Waals surface area contributed by atoms with Crippen molar-refractivity contribution in [3.63, 3.8) is 0 Å². The minimum Gasteiger partial charge on any atom is -0.497 e. The topological polar surface area (TPSA) is 67.9 Å². The van der Waals surface area contributed by atoms with E-state index in [1.54, 1.807) is 33.2 Å². The van der Waals surface area contributed by atoms with Crippen LogP contribution in [-0.4, -0.2) is 37.7 Å². The molecule has 1 aliphatic heterocycles. The van der Waals surface area contributed by atoms with Crippen LogP contribution in [0.1, 0.15) is 24.1 Å². The Morgan fingerprint density at radius 1 is 1.11 bits per heavy atom. The molecule has 0 radical (unpaired) electrons. The Hall–Kier alpha value is -3.28. The van der Waals surface area contributed by atoms with Crippen LogP contribution in [0.3, 0.4) is 0 Å². The standard InChI is InChI=1S/C22H24N2O4/c1-15-19(21(25)28-14-13-16-7-5-4-6-8-16)20(23-22(26)24(15)2)17-9-11-18(27-3)12-10-17/h4-12,20H,13-14H2,1-3H3,(H,23,26)/t20-/m1/s1. The van der Waals surface area contributed by atoms with Crippen molar-refractivity contribution in [1.29, 1.82) is 0 Å². The molecule has 1 heterocycles. The van der Waals surface area contributed by atoms with E-state index in [-0.39, 0.29) is 12.6 Å². The first-order chi connectivity index (χ1) is 13.5. The van der Waals surface area contributed by atoms with Gasteiger partial charge in [-0.05, 0) is 30.2 Å². The van der Waals surface area contributed by atoms with Crippen LogP contribution in [-0.2, 0) is 16.0 Å². The van der Waals surface area contributed by atoms with Gasteiger partial charge in [0, 0.05) is 19.2 Å². The van der Waals surface area contributed by atoms with Gasteiger partial charge in [-0.1, -0.05) is 42.5 Å². The molecule has 1 N–H and O–H groups in total. The second-order valence-corrected chi connectivity index (χ2v) is 6.59. The van der Waals surface area contributed by atoms with Crippen LogP contribution in [0.25, 0.3) is 0 Å². The molecular formula is C22H24N2O4. The molecule has 0 aliphatic carbocycles. The third-order valence-corrected chi connectivity index (χ3v) is 4.89. The first-order valence-corrected chi connectivity index (χ1v) is 9.11. The van der Waals surface area contributed by atoms with E-state index in [1.807, 2.05) is 42.5 Å². The molecule has 2 aromatic rings. The summed E-state index contributed by atoms with van der Waals surface area (Å²) in [6.07, 6.45) is 0.633. The van der Waals surface area contributed by atoms with Crippen molar-refractivity contribution in [2.24, 2.45) is 0 Å². The van der Waals surface area contributed by atoms with Crippen molar-refractivity contribution in [2.45, 2.75) is 19.4 Å². The molecule has 0 fully saturated rings. The quantitative estimate of drug-likeness (QED) is 0.780. The zero-order valence-electron chi connectivity index (χ0n) is 16.3. The Kier molecular flexibility index (Phi) is 5.99. The van der Waals surface area contributed by atoms with Crippen LogP contribution < -0.4 is 10.1 Å². The van der Waals surface area contributed by atoms with E-state index in [0.717, 1.165) is 11.1 Å². The highest BCUT2D eigenvalue weighted by Gasteiger charge is 2.34. The number of nitrogens with one attached hydrogen (secondary N) is 1. The largest absolute Gasteiger partial charge is 0.497 e. The van der Waals surface area contributed by atoms with Gasteiger partial charge in [-0.15, -0.1) is 0 Å². The van der Waals surface area contributed by atoms with Crippen molar-refractivity contribution in [3.8, 4) is 5.75 Å². The number of nitrogens with zero attached hydrogens (tertiary/aromatic N) is 1. The summed E-state index contributed by atoms with van der Waals surface area (Å²) in [5.74, 6) is 0.275. The summed E-state index contributed by atoms with van der Waals surface area (Å²) < 4.78 is 10.7. The van der Waals surface area contributed by atoms with E-state index < -0.39 is 12.0 Å². The summed E-state index contributed by atoms with van der Waals surface area (Å²) in [5, 5.41) is 2.88. The van der Waals surface area contributed by atoms with Crippen molar-refractivity contribution in [1.82, 2.24) is 10.2 Å². The lowest BCUT2D eigenvalue weighted by atomic mass is 9.95. The van der Waals surface area contributed by atoms with Crippen molar-refractivity contribution in [2.75, 3.05) is 20.8 Å². The van der Waals surface area contributed by atoms with Crippen LogP contribution in [0.4, 0.5) is 4.79 Å². The molecule has 1 atom stereocenters. The van der Waals surface area contributed by atoms with Crippen LogP contribution >= 0.6 is 0 Å². The number of hydrogen-bond donors (Lipinski definition) is 1. The van der Waals surface area contributed by atoms with Crippen molar-refractivity contribution < 1.29 is 19.1 Å². The van der Waals surface area contributed by atoms with E-state index in [0.29, 0.717) is 23.4 Å². The molecule has 2 amide bonds. The van der Waals surface area contributed by atoms with E-state index in [2.05, 4.69) is 5.32 Å². The number of hydrogen-bond acceptors (Lipinski definition) is 4. The summed E-state index contributed by atoms with van der Waals surface area (Å²) in [4.78, 5) is 26.6. The summed E-state index contributed by atoms with van der Waals surface area (Å²) in [7, 11) is 3.22. The number of carbonyl (C=O) groups is 2. The molecular weight excluding hydrogens is 356 g/mol. The van der Waals surface area contributed by atoms with Crippen LogP contribution in [0.5, 0.6) is 5.75 Å². The highest BCUT2D eigenvalue weighted by molar-refractivity contribution is 5.95.